The zero-order valence-electron chi connectivity index (χ0n) is 24.0. The van der Waals surface area contributed by atoms with Crippen molar-refractivity contribution < 1.29 is 13.5 Å². The average molecular weight is 535 g/mol. The third kappa shape index (κ3) is 6.95. The zero-order valence-corrected chi connectivity index (χ0v) is 24.0. The second kappa shape index (κ2) is 13.5. The molecule has 2 aromatic rings. The lowest BCUT2D eigenvalue weighted by Gasteiger charge is -2.45. The maximum atomic E-state index is 14.6. The highest BCUT2D eigenvalue weighted by Gasteiger charge is 2.39. The topological polar surface area (TPSA) is 9.23 Å². The SMILES string of the molecule is C=CCCc1ccc(OCC2CCC3CC(C4CCC(c5ccc(CCC)cc5)CC4)CCC3C2)c(F)c1F. The van der Waals surface area contributed by atoms with E-state index in [9.17, 15) is 8.78 Å². The number of ether oxygens (including phenoxy) is 1. The summed E-state index contributed by atoms with van der Waals surface area (Å²) < 4.78 is 34.8. The van der Waals surface area contributed by atoms with Gasteiger partial charge in [0.15, 0.2) is 11.6 Å². The molecule has 4 unspecified atom stereocenters. The first-order chi connectivity index (χ1) is 19.1. The van der Waals surface area contributed by atoms with Gasteiger partial charge in [0.1, 0.15) is 0 Å². The van der Waals surface area contributed by atoms with Gasteiger partial charge in [-0.05, 0) is 142 Å². The van der Waals surface area contributed by atoms with E-state index in [4.69, 9.17) is 4.74 Å². The smallest absolute Gasteiger partial charge is 0.200 e. The molecule has 3 heteroatoms. The molecule has 5 rings (SSSR count). The molecule has 2 aromatic carbocycles. The number of aryl methyl sites for hydroxylation is 2. The van der Waals surface area contributed by atoms with Crippen molar-refractivity contribution in [3.63, 3.8) is 0 Å². The fourth-order valence-electron chi connectivity index (χ4n) is 8.11. The van der Waals surface area contributed by atoms with Crippen LogP contribution in [0.5, 0.6) is 5.75 Å². The number of hydrogen-bond donors (Lipinski definition) is 0. The van der Waals surface area contributed by atoms with Crippen LogP contribution in [0.15, 0.2) is 49.1 Å². The van der Waals surface area contributed by atoms with Crippen molar-refractivity contribution in [2.45, 2.75) is 103 Å². The highest BCUT2D eigenvalue weighted by Crippen LogP contribution is 2.50. The summed E-state index contributed by atoms with van der Waals surface area (Å²) in [7, 11) is 0. The van der Waals surface area contributed by atoms with Crippen LogP contribution in [0.4, 0.5) is 8.78 Å². The number of fused-ring (bicyclic) bond motifs is 1. The number of halogens is 2. The number of rotatable bonds is 10. The normalized spacial score (nSPS) is 29.0. The van der Waals surface area contributed by atoms with Crippen LogP contribution >= 0.6 is 0 Å². The molecule has 3 aliphatic rings. The molecule has 39 heavy (non-hydrogen) atoms. The first-order valence-electron chi connectivity index (χ1n) is 15.8. The van der Waals surface area contributed by atoms with Gasteiger partial charge in [-0.3, -0.25) is 0 Å². The summed E-state index contributed by atoms with van der Waals surface area (Å²) in [6.07, 6.45) is 18.5. The molecule has 0 aliphatic heterocycles. The molecule has 4 atom stereocenters. The minimum atomic E-state index is -0.839. The second-order valence-electron chi connectivity index (χ2n) is 12.9. The van der Waals surface area contributed by atoms with E-state index in [0.717, 1.165) is 36.0 Å². The van der Waals surface area contributed by atoms with Crippen molar-refractivity contribution in [1.82, 2.24) is 0 Å². The Labute approximate surface area is 235 Å². The van der Waals surface area contributed by atoms with Crippen molar-refractivity contribution in [3.05, 3.63) is 77.4 Å². The van der Waals surface area contributed by atoms with Crippen LogP contribution in [-0.4, -0.2) is 6.61 Å². The fraction of sp³-hybridized carbons (Fsp3) is 0.611. The van der Waals surface area contributed by atoms with E-state index in [0.29, 0.717) is 30.9 Å². The van der Waals surface area contributed by atoms with Gasteiger partial charge in [0.2, 0.25) is 5.82 Å². The Morgan fingerprint density at radius 2 is 1.44 bits per heavy atom. The van der Waals surface area contributed by atoms with E-state index in [1.54, 1.807) is 23.8 Å². The predicted octanol–water partition coefficient (Wildman–Crippen LogP) is 10.2. The average Bonchev–Trinajstić information content (AvgIpc) is 2.98. The van der Waals surface area contributed by atoms with Crippen molar-refractivity contribution >= 4 is 0 Å². The molecule has 0 radical (unpaired) electrons. The summed E-state index contributed by atoms with van der Waals surface area (Å²) in [6.45, 7) is 6.41. The van der Waals surface area contributed by atoms with Gasteiger partial charge in [0, 0.05) is 0 Å². The lowest BCUT2D eigenvalue weighted by molar-refractivity contribution is 0.0508. The first-order valence-corrected chi connectivity index (χ1v) is 15.8. The van der Waals surface area contributed by atoms with Gasteiger partial charge in [-0.15, -0.1) is 6.58 Å². The van der Waals surface area contributed by atoms with Crippen molar-refractivity contribution in [2.24, 2.45) is 29.6 Å². The first kappa shape index (κ1) is 28.4. The molecule has 0 bridgehead atoms. The molecule has 0 N–H and O–H groups in total. The number of benzene rings is 2. The molecular formula is C36H48F2O. The molecule has 3 fully saturated rings. The number of hydrogen-bond acceptors (Lipinski definition) is 1. The quantitative estimate of drug-likeness (QED) is 0.276. The largest absolute Gasteiger partial charge is 0.490 e. The fourth-order valence-corrected chi connectivity index (χ4v) is 8.11. The number of allylic oxidation sites excluding steroid dienone is 1. The Balaban J connectivity index is 1.06. The van der Waals surface area contributed by atoms with Gasteiger partial charge >= 0.3 is 0 Å². The molecule has 0 saturated heterocycles. The summed E-state index contributed by atoms with van der Waals surface area (Å²) in [6, 6.07) is 12.8. The van der Waals surface area contributed by atoms with Crippen LogP contribution < -0.4 is 4.74 Å². The summed E-state index contributed by atoms with van der Waals surface area (Å²) in [5.41, 5.74) is 3.43. The zero-order chi connectivity index (χ0) is 27.2. The Kier molecular flexibility index (Phi) is 9.80. The molecule has 0 aromatic heterocycles. The summed E-state index contributed by atoms with van der Waals surface area (Å²) in [5, 5.41) is 0. The molecule has 0 spiro atoms. The predicted molar refractivity (Wildman–Crippen MR) is 157 cm³/mol. The van der Waals surface area contributed by atoms with Crippen LogP contribution in [0.25, 0.3) is 0 Å². The van der Waals surface area contributed by atoms with Gasteiger partial charge < -0.3 is 4.74 Å². The van der Waals surface area contributed by atoms with E-state index in [-0.39, 0.29) is 5.75 Å². The van der Waals surface area contributed by atoms with Gasteiger partial charge in [-0.1, -0.05) is 49.8 Å². The second-order valence-corrected chi connectivity index (χ2v) is 12.9. The van der Waals surface area contributed by atoms with Crippen LogP contribution in [0, 0.1) is 41.2 Å². The van der Waals surface area contributed by atoms with E-state index in [1.807, 2.05) is 0 Å². The van der Waals surface area contributed by atoms with E-state index < -0.39 is 11.6 Å². The summed E-state index contributed by atoms with van der Waals surface area (Å²) in [4.78, 5) is 0. The lowest BCUT2D eigenvalue weighted by Crippen LogP contribution is -2.35. The summed E-state index contributed by atoms with van der Waals surface area (Å²) >= 11 is 0. The molecule has 212 valence electrons. The Hall–Kier alpha value is -2.16. The molecule has 3 aliphatic carbocycles. The van der Waals surface area contributed by atoms with Gasteiger partial charge in [-0.25, -0.2) is 4.39 Å². The van der Waals surface area contributed by atoms with Crippen LogP contribution in [0.1, 0.15) is 107 Å². The van der Waals surface area contributed by atoms with Crippen molar-refractivity contribution in [3.8, 4) is 5.75 Å². The van der Waals surface area contributed by atoms with Crippen LogP contribution in [0.3, 0.4) is 0 Å². The molecule has 0 amide bonds. The minimum Gasteiger partial charge on any atom is -0.490 e. The highest BCUT2D eigenvalue weighted by molar-refractivity contribution is 5.31. The molecular weight excluding hydrogens is 486 g/mol. The monoisotopic (exact) mass is 534 g/mol. The van der Waals surface area contributed by atoms with E-state index in [1.165, 1.54) is 76.2 Å². The lowest BCUT2D eigenvalue weighted by atomic mass is 9.61. The van der Waals surface area contributed by atoms with Crippen LogP contribution in [0.2, 0.25) is 0 Å². The summed E-state index contributed by atoms with van der Waals surface area (Å²) in [5.74, 6) is 3.11. The van der Waals surface area contributed by atoms with Crippen molar-refractivity contribution in [1.29, 1.82) is 0 Å². The molecule has 0 heterocycles. The van der Waals surface area contributed by atoms with Gasteiger partial charge in [0.05, 0.1) is 6.61 Å². The van der Waals surface area contributed by atoms with Crippen molar-refractivity contribution in [2.75, 3.05) is 6.61 Å². The van der Waals surface area contributed by atoms with Gasteiger partial charge in [-0.2, -0.15) is 4.39 Å². The maximum Gasteiger partial charge on any atom is 0.200 e. The third-order valence-corrected chi connectivity index (χ3v) is 10.4. The van der Waals surface area contributed by atoms with E-state index >= 15 is 0 Å². The molecule has 1 nitrogen and oxygen atoms in total. The van der Waals surface area contributed by atoms with Crippen LogP contribution in [-0.2, 0) is 12.8 Å². The highest BCUT2D eigenvalue weighted by atomic mass is 19.2. The Bertz CT molecular complexity index is 1070. The van der Waals surface area contributed by atoms with E-state index in [2.05, 4.69) is 37.8 Å². The third-order valence-electron chi connectivity index (χ3n) is 10.4. The minimum absolute atomic E-state index is 0.0631. The standard InChI is InChI=1S/C36H48F2O/c1-3-5-7-30-20-21-34(36(38)35(30)37)39-24-26-10-13-33-23-32(19-18-31(33)22-26)29-16-14-28(15-17-29)27-11-8-25(6-4-2)9-12-27/h3,8-9,11-12,20-21,26,28-29,31-33H,1,4-7,10,13-19,22-24H2,2H3. The molecule has 3 saturated carbocycles. The van der Waals surface area contributed by atoms with Gasteiger partial charge in [0.25, 0.3) is 0 Å². The Morgan fingerprint density at radius 1 is 0.769 bits per heavy atom. The maximum absolute atomic E-state index is 14.6. The Morgan fingerprint density at radius 3 is 2.15 bits per heavy atom.